The van der Waals surface area contributed by atoms with Gasteiger partial charge in [-0.15, -0.1) is 0 Å². The second-order valence-corrected chi connectivity index (χ2v) is 9.19. The highest BCUT2D eigenvalue weighted by atomic mass is 16.5. The number of benzene rings is 3. The van der Waals surface area contributed by atoms with Crippen molar-refractivity contribution in [2.45, 2.75) is 33.2 Å². The van der Waals surface area contributed by atoms with Gasteiger partial charge in [0.2, 0.25) is 0 Å². The topological polar surface area (TPSA) is 70.1 Å². The summed E-state index contributed by atoms with van der Waals surface area (Å²) in [6.07, 6.45) is 0.740. The van der Waals surface area contributed by atoms with Gasteiger partial charge in [-0.25, -0.2) is 0 Å². The third kappa shape index (κ3) is 4.02. The van der Waals surface area contributed by atoms with Gasteiger partial charge in [0.25, 0.3) is 11.7 Å². The van der Waals surface area contributed by atoms with E-state index in [1.54, 1.807) is 12.1 Å². The van der Waals surface area contributed by atoms with Crippen LogP contribution in [0.5, 0.6) is 5.75 Å². The second kappa shape index (κ2) is 9.53. The van der Waals surface area contributed by atoms with E-state index in [1.165, 1.54) is 4.90 Å². The molecule has 0 saturated carbocycles. The maximum Gasteiger partial charge on any atom is 0.300 e. The number of Topliss-reactive ketones (excluding diaryl/α,β-unsaturated/α-hetero) is 1. The smallest absolute Gasteiger partial charge is 0.300 e. The highest BCUT2D eigenvalue weighted by Crippen LogP contribution is 2.43. The van der Waals surface area contributed by atoms with Gasteiger partial charge in [0.1, 0.15) is 11.5 Å². The lowest BCUT2D eigenvalue weighted by atomic mass is 9.94. The van der Waals surface area contributed by atoms with E-state index in [-0.39, 0.29) is 11.3 Å². The van der Waals surface area contributed by atoms with E-state index in [0.29, 0.717) is 17.9 Å². The number of anilines is 2. The van der Waals surface area contributed by atoms with Crippen LogP contribution in [0.2, 0.25) is 0 Å². The van der Waals surface area contributed by atoms with Crippen LogP contribution in [0.4, 0.5) is 11.4 Å². The van der Waals surface area contributed by atoms with Crippen LogP contribution in [-0.4, -0.2) is 36.5 Å². The molecule has 0 spiro atoms. The quantitative estimate of drug-likeness (QED) is 0.289. The Labute approximate surface area is 211 Å². The van der Waals surface area contributed by atoms with E-state index in [1.807, 2.05) is 61.5 Å². The molecular formula is C30H30N2O4. The summed E-state index contributed by atoms with van der Waals surface area (Å²) >= 11 is 0. The molecule has 1 unspecified atom stereocenters. The van der Waals surface area contributed by atoms with Gasteiger partial charge in [-0.05, 0) is 74.4 Å². The number of ketones is 1. The molecule has 2 aliphatic heterocycles. The van der Waals surface area contributed by atoms with Gasteiger partial charge in [-0.3, -0.25) is 14.5 Å². The number of nitrogens with zero attached hydrogens (tertiary/aromatic N) is 2. The fraction of sp³-hybridized carbons (Fsp3) is 0.267. The van der Waals surface area contributed by atoms with Crippen molar-refractivity contribution in [1.29, 1.82) is 0 Å². The average molecular weight is 483 g/mol. The number of aliphatic hydroxyl groups is 1. The number of ether oxygens (including phenoxy) is 1. The van der Waals surface area contributed by atoms with Crippen LogP contribution in [0.15, 0.2) is 72.3 Å². The van der Waals surface area contributed by atoms with E-state index >= 15 is 0 Å². The largest absolute Gasteiger partial charge is 0.507 e. The minimum atomic E-state index is -0.747. The molecule has 0 bridgehead atoms. The van der Waals surface area contributed by atoms with Crippen molar-refractivity contribution in [3.8, 4) is 5.75 Å². The molecule has 0 aliphatic carbocycles. The first-order valence-electron chi connectivity index (χ1n) is 12.4. The Morgan fingerprint density at radius 2 is 1.69 bits per heavy atom. The van der Waals surface area contributed by atoms with E-state index in [9.17, 15) is 14.7 Å². The Balaban J connectivity index is 1.66. The molecule has 1 N–H and O–H groups in total. The first-order valence-corrected chi connectivity index (χ1v) is 12.4. The summed E-state index contributed by atoms with van der Waals surface area (Å²) in [4.78, 5) is 30.5. The molecule has 6 nitrogen and oxygen atoms in total. The van der Waals surface area contributed by atoms with Crippen molar-refractivity contribution in [2.24, 2.45) is 0 Å². The monoisotopic (exact) mass is 482 g/mol. The molecule has 1 atom stereocenters. The minimum absolute atomic E-state index is 0.0926. The van der Waals surface area contributed by atoms with Crippen LogP contribution in [0, 0.1) is 6.92 Å². The minimum Gasteiger partial charge on any atom is -0.507 e. The predicted octanol–water partition coefficient (Wildman–Crippen LogP) is 5.40. The Hall–Kier alpha value is -4.06. The third-order valence-corrected chi connectivity index (χ3v) is 7.06. The molecule has 184 valence electrons. The number of hydrogen-bond acceptors (Lipinski definition) is 5. The number of carbonyl (C=O) groups excluding carboxylic acids is 2. The molecule has 3 aromatic rings. The van der Waals surface area contributed by atoms with Gasteiger partial charge in [0.15, 0.2) is 0 Å². The first-order chi connectivity index (χ1) is 17.4. The summed E-state index contributed by atoms with van der Waals surface area (Å²) in [5.41, 5.74) is 5.07. The Bertz CT molecular complexity index is 1340. The maximum absolute atomic E-state index is 13.4. The standard InChI is InChI=1S/C30H30N2O4/c1-4-31(5-2)23-13-8-20(9-14-23)27-26(28(33)22-10-15-25-21(18-22)16-17-36-25)29(34)30(35)32(27)24-11-6-19(3)7-12-24/h6-15,18,27,33H,4-5,16-17H2,1-3H3/b28-26-. The number of hydrogen-bond donors (Lipinski definition) is 1. The van der Waals surface area contributed by atoms with Crippen LogP contribution >= 0.6 is 0 Å². The lowest BCUT2D eigenvalue weighted by Gasteiger charge is -2.27. The van der Waals surface area contributed by atoms with E-state index in [0.717, 1.165) is 47.6 Å². The normalized spacial score (nSPS) is 18.3. The Morgan fingerprint density at radius 1 is 1.00 bits per heavy atom. The van der Waals surface area contributed by atoms with E-state index in [4.69, 9.17) is 4.74 Å². The highest BCUT2D eigenvalue weighted by molar-refractivity contribution is 6.51. The molecule has 2 heterocycles. The van der Waals surface area contributed by atoms with Gasteiger partial charge < -0.3 is 14.7 Å². The summed E-state index contributed by atoms with van der Waals surface area (Å²) in [5.74, 6) is -0.726. The van der Waals surface area contributed by atoms with Crippen molar-refractivity contribution in [3.63, 3.8) is 0 Å². The second-order valence-electron chi connectivity index (χ2n) is 9.19. The molecule has 1 saturated heterocycles. The van der Waals surface area contributed by atoms with Crippen LogP contribution in [-0.2, 0) is 16.0 Å². The summed E-state index contributed by atoms with van der Waals surface area (Å²) in [5, 5.41) is 11.4. The molecule has 5 rings (SSSR count). The molecule has 1 amide bonds. The lowest BCUT2D eigenvalue weighted by molar-refractivity contribution is -0.132. The number of amides is 1. The van der Waals surface area contributed by atoms with Gasteiger partial charge in [-0.1, -0.05) is 29.8 Å². The highest BCUT2D eigenvalue weighted by Gasteiger charge is 2.47. The summed E-state index contributed by atoms with van der Waals surface area (Å²) in [6, 6.07) is 20.0. The first kappa shape index (κ1) is 23.7. The average Bonchev–Trinajstić information content (AvgIpc) is 3.47. The fourth-order valence-electron chi connectivity index (χ4n) is 5.07. The summed E-state index contributed by atoms with van der Waals surface area (Å²) in [7, 11) is 0. The molecule has 0 radical (unpaired) electrons. The van der Waals surface area contributed by atoms with Crippen LogP contribution in [0.1, 0.15) is 42.1 Å². The molecule has 6 heteroatoms. The van der Waals surface area contributed by atoms with Gasteiger partial charge >= 0.3 is 0 Å². The van der Waals surface area contributed by atoms with Crippen molar-refractivity contribution >= 4 is 28.8 Å². The fourth-order valence-corrected chi connectivity index (χ4v) is 5.07. The predicted molar refractivity (Wildman–Crippen MR) is 142 cm³/mol. The number of fused-ring (bicyclic) bond motifs is 1. The zero-order valence-corrected chi connectivity index (χ0v) is 20.8. The van der Waals surface area contributed by atoms with Crippen molar-refractivity contribution < 1.29 is 19.4 Å². The molecular weight excluding hydrogens is 452 g/mol. The zero-order valence-electron chi connectivity index (χ0n) is 20.8. The van der Waals surface area contributed by atoms with Gasteiger partial charge in [-0.2, -0.15) is 0 Å². The molecule has 2 aliphatic rings. The Kier molecular flexibility index (Phi) is 6.27. The third-order valence-electron chi connectivity index (χ3n) is 7.06. The van der Waals surface area contributed by atoms with Gasteiger partial charge in [0.05, 0.1) is 18.2 Å². The maximum atomic E-state index is 13.4. The van der Waals surface area contributed by atoms with E-state index in [2.05, 4.69) is 18.7 Å². The zero-order chi connectivity index (χ0) is 25.4. The lowest BCUT2D eigenvalue weighted by Crippen LogP contribution is -2.29. The van der Waals surface area contributed by atoms with Crippen LogP contribution < -0.4 is 14.5 Å². The SMILES string of the molecule is CCN(CC)c1ccc(C2/C(=C(/O)c3ccc4c(c3)CCO4)C(=O)C(=O)N2c2ccc(C)cc2)cc1. The van der Waals surface area contributed by atoms with Crippen molar-refractivity contribution in [2.75, 3.05) is 29.5 Å². The summed E-state index contributed by atoms with van der Waals surface area (Å²) in [6.45, 7) is 8.52. The van der Waals surface area contributed by atoms with Gasteiger partial charge in [0, 0.05) is 36.4 Å². The molecule has 1 fully saturated rings. The number of aryl methyl sites for hydroxylation is 1. The Morgan fingerprint density at radius 3 is 2.36 bits per heavy atom. The van der Waals surface area contributed by atoms with Crippen LogP contribution in [0.3, 0.4) is 0 Å². The van der Waals surface area contributed by atoms with Crippen LogP contribution in [0.25, 0.3) is 5.76 Å². The summed E-state index contributed by atoms with van der Waals surface area (Å²) < 4.78 is 5.59. The van der Waals surface area contributed by atoms with Crippen molar-refractivity contribution in [3.05, 3.63) is 94.6 Å². The van der Waals surface area contributed by atoms with E-state index < -0.39 is 17.7 Å². The van der Waals surface area contributed by atoms with Crippen molar-refractivity contribution in [1.82, 2.24) is 0 Å². The number of carbonyl (C=O) groups is 2. The molecule has 36 heavy (non-hydrogen) atoms. The number of aliphatic hydroxyl groups excluding tert-OH is 1. The molecule has 0 aromatic heterocycles. The molecule has 3 aromatic carbocycles. The number of rotatable bonds is 6.